The minimum absolute atomic E-state index is 0.103. The Kier molecular flexibility index (Phi) is 5.81. The van der Waals surface area contributed by atoms with Crippen LogP contribution in [0.1, 0.15) is 42.6 Å². The molecule has 1 aliphatic rings. The number of amides is 3. The molecule has 5 rings (SSSR count). The number of anilines is 1. The van der Waals surface area contributed by atoms with Gasteiger partial charge in [0.05, 0.1) is 21.3 Å². The molecular formula is C27H22N2O7. The average Bonchev–Trinajstić information content (AvgIpc) is 3.36. The minimum atomic E-state index is -0.471. The van der Waals surface area contributed by atoms with Crippen molar-refractivity contribution in [2.75, 3.05) is 26.6 Å². The molecule has 36 heavy (non-hydrogen) atoms. The maximum absolute atomic E-state index is 13.0. The summed E-state index contributed by atoms with van der Waals surface area (Å²) >= 11 is 0. The van der Waals surface area contributed by atoms with Crippen LogP contribution in [0.5, 0.6) is 17.2 Å². The molecule has 0 bridgehead atoms. The van der Waals surface area contributed by atoms with E-state index in [1.54, 1.807) is 75.9 Å². The van der Waals surface area contributed by atoms with Gasteiger partial charge >= 0.3 is 0 Å². The summed E-state index contributed by atoms with van der Waals surface area (Å²) < 4.78 is 22.1. The fraction of sp³-hybridized carbons (Fsp3) is 0.148. The van der Waals surface area contributed by atoms with Crippen molar-refractivity contribution >= 4 is 34.2 Å². The van der Waals surface area contributed by atoms with Crippen molar-refractivity contribution in [1.82, 2.24) is 5.32 Å². The molecule has 182 valence electrons. The van der Waals surface area contributed by atoms with Crippen LogP contribution in [0, 0.1) is 0 Å². The average molecular weight is 486 g/mol. The highest BCUT2D eigenvalue weighted by Crippen LogP contribution is 2.36. The van der Waals surface area contributed by atoms with Crippen LogP contribution in [0.3, 0.4) is 0 Å². The lowest BCUT2D eigenvalue weighted by atomic mass is 9.94. The first-order valence-corrected chi connectivity index (χ1v) is 11.0. The second-order valence-corrected chi connectivity index (χ2v) is 8.08. The molecule has 0 fully saturated rings. The summed E-state index contributed by atoms with van der Waals surface area (Å²) in [5, 5.41) is 6.24. The number of imide groups is 1. The van der Waals surface area contributed by atoms with Crippen LogP contribution in [0.25, 0.3) is 10.8 Å². The number of benzene rings is 3. The number of carbonyl (C=O) groups is 3. The Hall–Kier alpha value is -4.79. The van der Waals surface area contributed by atoms with Crippen molar-refractivity contribution in [2.24, 2.45) is 0 Å². The standard InChI is InChI=1S/C27H22N2O7/c1-33-15-12-22(34-2)19(23(13-15)35-3)11-14-7-10-21(36-14)27(32)28-20-9-8-18-24-16(20)5-4-6-17(24)25(30)29-26(18)31/h4-10,12-13H,11H2,1-3H3,(H,28,32)(H,29,30,31). The van der Waals surface area contributed by atoms with E-state index < -0.39 is 17.7 Å². The van der Waals surface area contributed by atoms with E-state index in [0.29, 0.717) is 57.0 Å². The Balaban J connectivity index is 1.42. The predicted octanol–water partition coefficient (Wildman–Crippen LogP) is 4.19. The Labute approximate surface area is 205 Å². The smallest absolute Gasteiger partial charge is 0.291 e. The zero-order valence-corrected chi connectivity index (χ0v) is 19.8. The molecule has 0 saturated carbocycles. The molecule has 1 aliphatic heterocycles. The number of hydrogen-bond donors (Lipinski definition) is 2. The molecule has 0 aliphatic carbocycles. The van der Waals surface area contributed by atoms with Crippen LogP contribution in [-0.4, -0.2) is 39.1 Å². The molecule has 9 nitrogen and oxygen atoms in total. The van der Waals surface area contributed by atoms with Gasteiger partial charge in [0, 0.05) is 51.7 Å². The molecule has 9 heteroatoms. The van der Waals surface area contributed by atoms with E-state index >= 15 is 0 Å². The van der Waals surface area contributed by atoms with Gasteiger partial charge in [0.25, 0.3) is 17.7 Å². The van der Waals surface area contributed by atoms with Crippen LogP contribution in [0.15, 0.2) is 59.0 Å². The summed E-state index contributed by atoms with van der Waals surface area (Å²) in [7, 11) is 4.66. The summed E-state index contributed by atoms with van der Waals surface area (Å²) in [5.41, 5.74) is 1.95. The first-order chi connectivity index (χ1) is 17.4. The Morgan fingerprint density at radius 3 is 2.25 bits per heavy atom. The van der Waals surface area contributed by atoms with Crippen LogP contribution in [-0.2, 0) is 6.42 Å². The zero-order chi connectivity index (χ0) is 25.4. The summed E-state index contributed by atoms with van der Waals surface area (Å²) in [6.45, 7) is 0. The normalized spacial score (nSPS) is 12.3. The van der Waals surface area contributed by atoms with Gasteiger partial charge in [0.15, 0.2) is 5.76 Å². The molecule has 2 N–H and O–H groups in total. The first kappa shape index (κ1) is 23.0. The topological polar surface area (TPSA) is 116 Å². The van der Waals surface area contributed by atoms with Crippen molar-refractivity contribution in [3.05, 3.63) is 82.8 Å². The quantitative estimate of drug-likeness (QED) is 0.376. The molecular weight excluding hydrogens is 464 g/mol. The van der Waals surface area contributed by atoms with Crippen molar-refractivity contribution in [1.29, 1.82) is 0 Å². The molecule has 2 heterocycles. The number of carbonyl (C=O) groups excluding carboxylic acids is 3. The summed E-state index contributed by atoms with van der Waals surface area (Å²) in [5.74, 6) is 0.941. The van der Waals surface area contributed by atoms with Crippen molar-refractivity contribution < 1.29 is 33.0 Å². The van der Waals surface area contributed by atoms with E-state index in [0.717, 1.165) is 5.56 Å². The van der Waals surface area contributed by atoms with Crippen LogP contribution >= 0.6 is 0 Å². The van der Waals surface area contributed by atoms with Gasteiger partial charge < -0.3 is 23.9 Å². The summed E-state index contributed by atoms with van der Waals surface area (Å²) in [6, 6.07) is 15.1. The van der Waals surface area contributed by atoms with E-state index in [1.165, 1.54) is 0 Å². The third-order valence-corrected chi connectivity index (χ3v) is 6.06. The first-order valence-electron chi connectivity index (χ1n) is 11.0. The number of nitrogens with one attached hydrogen (secondary N) is 2. The molecule has 4 aromatic rings. The van der Waals surface area contributed by atoms with Gasteiger partial charge in [-0.3, -0.25) is 19.7 Å². The van der Waals surface area contributed by atoms with E-state index in [2.05, 4.69) is 10.6 Å². The largest absolute Gasteiger partial charge is 0.496 e. The van der Waals surface area contributed by atoms with Gasteiger partial charge in [-0.25, -0.2) is 0 Å². The number of rotatable bonds is 7. The predicted molar refractivity (Wildman–Crippen MR) is 131 cm³/mol. The number of furan rings is 1. The summed E-state index contributed by atoms with van der Waals surface area (Å²) in [4.78, 5) is 37.5. The second-order valence-electron chi connectivity index (χ2n) is 8.08. The Morgan fingerprint density at radius 1 is 0.889 bits per heavy atom. The van der Waals surface area contributed by atoms with E-state index in [9.17, 15) is 14.4 Å². The van der Waals surface area contributed by atoms with Gasteiger partial charge in [-0.1, -0.05) is 12.1 Å². The molecule has 0 spiro atoms. The van der Waals surface area contributed by atoms with Crippen molar-refractivity contribution in [3.63, 3.8) is 0 Å². The van der Waals surface area contributed by atoms with Crippen molar-refractivity contribution in [2.45, 2.75) is 6.42 Å². The molecule has 0 radical (unpaired) electrons. The fourth-order valence-corrected chi connectivity index (χ4v) is 4.34. The third kappa shape index (κ3) is 3.90. The molecule has 0 atom stereocenters. The van der Waals surface area contributed by atoms with Gasteiger partial charge in [-0.05, 0) is 30.3 Å². The van der Waals surface area contributed by atoms with Gasteiger partial charge in [0.2, 0.25) is 0 Å². The second kappa shape index (κ2) is 9.10. The number of ether oxygens (including phenoxy) is 3. The molecule has 0 saturated heterocycles. The molecule has 3 aromatic carbocycles. The van der Waals surface area contributed by atoms with E-state index in [1.807, 2.05) is 0 Å². The lowest BCUT2D eigenvalue weighted by Crippen LogP contribution is -2.34. The lowest BCUT2D eigenvalue weighted by molar-refractivity contribution is 0.0844. The van der Waals surface area contributed by atoms with Gasteiger partial charge in [-0.15, -0.1) is 0 Å². The highest BCUT2D eigenvalue weighted by Gasteiger charge is 2.26. The molecule has 3 amide bonds. The highest BCUT2D eigenvalue weighted by atomic mass is 16.5. The highest BCUT2D eigenvalue weighted by molar-refractivity contribution is 6.27. The lowest BCUT2D eigenvalue weighted by Gasteiger charge is -2.18. The van der Waals surface area contributed by atoms with Crippen LogP contribution in [0.4, 0.5) is 5.69 Å². The van der Waals surface area contributed by atoms with E-state index in [4.69, 9.17) is 18.6 Å². The number of methoxy groups -OCH3 is 3. The Morgan fingerprint density at radius 2 is 1.58 bits per heavy atom. The van der Waals surface area contributed by atoms with Gasteiger partial charge in [-0.2, -0.15) is 0 Å². The maximum Gasteiger partial charge on any atom is 0.291 e. The summed E-state index contributed by atoms with van der Waals surface area (Å²) in [6.07, 6.45) is 0.321. The van der Waals surface area contributed by atoms with E-state index in [-0.39, 0.29) is 5.76 Å². The maximum atomic E-state index is 13.0. The monoisotopic (exact) mass is 486 g/mol. The fourth-order valence-electron chi connectivity index (χ4n) is 4.34. The van der Waals surface area contributed by atoms with Crippen molar-refractivity contribution in [3.8, 4) is 17.2 Å². The molecule has 0 unspecified atom stereocenters. The molecule has 1 aromatic heterocycles. The third-order valence-electron chi connectivity index (χ3n) is 6.06. The van der Waals surface area contributed by atoms with Crippen LogP contribution < -0.4 is 24.8 Å². The van der Waals surface area contributed by atoms with Crippen LogP contribution in [0.2, 0.25) is 0 Å². The Bertz CT molecular complexity index is 1490. The SMILES string of the molecule is COc1cc(OC)c(Cc2ccc(C(=O)Nc3ccc4c5c(cccc35)C(=O)NC4=O)o2)c(OC)c1. The minimum Gasteiger partial charge on any atom is -0.496 e. The zero-order valence-electron chi connectivity index (χ0n) is 19.8. The van der Waals surface area contributed by atoms with Gasteiger partial charge in [0.1, 0.15) is 23.0 Å². The number of hydrogen-bond acceptors (Lipinski definition) is 7.